The van der Waals surface area contributed by atoms with Crippen molar-refractivity contribution in [2.24, 2.45) is 11.8 Å². The molecule has 0 aromatic rings. The lowest BCUT2D eigenvalue weighted by molar-refractivity contribution is -0.128. The zero-order valence-electron chi connectivity index (χ0n) is 11.1. The van der Waals surface area contributed by atoms with Gasteiger partial charge >= 0.3 is 0 Å². The normalized spacial score (nSPS) is 17.6. The van der Waals surface area contributed by atoms with Crippen LogP contribution < -0.4 is 5.32 Å². The van der Waals surface area contributed by atoms with Crippen molar-refractivity contribution in [2.45, 2.75) is 45.6 Å². The molecule has 1 fully saturated rings. The molecule has 1 unspecified atom stereocenters. The van der Waals surface area contributed by atoms with E-state index in [9.17, 15) is 4.79 Å². The second kappa shape index (κ2) is 6.24. The molecule has 1 N–H and O–H groups in total. The van der Waals surface area contributed by atoms with E-state index in [1.165, 1.54) is 12.8 Å². The fourth-order valence-electron chi connectivity index (χ4n) is 2.13. The van der Waals surface area contributed by atoms with Crippen LogP contribution in [0.5, 0.6) is 0 Å². The van der Waals surface area contributed by atoms with Crippen LogP contribution in [-0.4, -0.2) is 37.5 Å². The minimum absolute atomic E-state index is 0.231. The lowest BCUT2D eigenvalue weighted by Gasteiger charge is -2.22. The summed E-state index contributed by atoms with van der Waals surface area (Å²) in [5.41, 5.74) is 0. The van der Waals surface area contributed by atoms with Crippen molar-refractivity contribution >= 4 is 5.91 Å². The number of carbonyl (C=O) groups excluding carboxylic acids is 1. The Bertz CT molecular complexity index is 220. The largest absolute Gasteiger partial charge is 0.349 e. The summed E-state index contributed by atoms with van der Waals surface area (Å²) in [6.07, 6.45) is 4.38. The lowest BCUT2D eigenvalue weighted by Crippen LogP contribution is -2.36. The summed E-state index contributed by atoms with van der Waals surface area (Å²) in [5, 5.41) is 3.60. The van der Waals surface area contributed by atoms with E-state index >= 15 is 0 Å². The van der Waals surface area contributed by atoms with E-state index in [1.54, 1.807) is 4.90 Å². The van der Waals surface area contributed by atoms with Gasteiger partial charge in [0.2, 0.25) is 5.91 Å². The van der Waals surface area contributed by atoms with Crippen LogP contribution >= 0.6 is 0 Å². The number of hydrogen-bond donors (Lipinski definition) is 1. The Morgan fingerprint density at radius 2 is 2.00 bits per heavy atom. The molecule has 1 atom stereocenters. The summed E-state index contributed by atoms with van der Waals surface area (Å²) in [6, 6.07) is 0.662. The van der Waals surface area contributed by atoms with E-state index in [0.717, 1.165) is 18.9 Å². The zero-order chi connectivity index (χ0) is 12.1. The summed E-state index contributed by atoms with van der Waals surface area (Å²) in [7, 11) is 3.63. The molecule has 3 heteroatoms. The van der Waals surface area contributed by atoms with Crippen molar-refractivity contribution in [1.82, 2.24) is 10.2 Å². The zero-order valence-corrected chi connectivity index (χ0v) is 11.1. The van der Waals surface area contributed by atoms with Gasteiger partial charge in [-0.2, -0.15) is 0 Å². The first-order valence-corrected chi connectivity index (χ1v) is 6.46. The second-order valence-electron chi connectivity index (χ2n) is 5.45. The molecule has 1 aliphatic rings. The lowest BCUT2D eigenvalue weighted by atomic mass is 9.99. The molecular weight excluding hydrogens is 200 g/mol. The monoisotopic (exact) mass is 226 g/mol. The third kappa shape index (κ3) is 4.52. The summed E-state index contributed by atoms with van der Waals surface area (Å²) in [6.45, 7) is 5.53. The van der Waals surface area contributed by atoms with Crippen molar-refractivity contribution in [3.8, 4) is 0 Å². The van der Waals surface area contributed by atoms with Crippen LogP contribution in [-0.2, 0) is 4.79 Å². The molecule has 16 heavy (non-hydrogen) atoms. The second-order valence-corrected chi connectivity index (χ2v) is 5.45. The molecule has 0 aromatic carbocycles. The van der Waals surface area contributed by atoms with Crippen molar-refractivity contribution in [2.75, 3.05) is 20.6 Å². The van der Waals surface area contributed by atoms with Gasteiger partial charge < -0.3 is 10.2 Å². The minimum atomic E-state index is 0.231. The molecule has 3 nitrogen and oxygen atoms in total. The van der Waals surface area contributed by atoms with Gasteiger partial charge in [0.1, 0.15) is 0 Å². The highest BCUT2D eigenvalue weighted by atomic mass is 16.2. The standard InChI is InChI=1S/C13H26N2O/c1-10(2)13(11-7-8-11)14-9-5-6-12(16)15(3)4/h10-11,13-14H,5-9H2,1-4H3. The molecule has 0 bridgehead atoms. The van der Waals surface area contributed by atoms with Crippen LogP contribution in [0.2, 0.25) is 0 Å². The number of amides is 1. The quantitative estimate of drug-likeness (QED) is 0.672. The van der Waals surface area contributed by atoms with Crippen molar-refractivity contribution in [1.29, 1.82) is 0 Å². The Morgan fingerprint density at radius 3 is 2.44 bits per heavy atom. The average Bonchev–Trinajstić information content (AvgIpc) is 3.00. The van der Waals surface area contributed by atoms with Crippen LogP contribution in [0, 0.1) is 11.8 Å². The minimum Gasteiger partial charge on any atom is -0.349 e. The van der Waals surface area contributed by atoms with E-state index in [4.69, 9.17) is 0 Å². The van der Waals surface area contributed by atoms with Gasteiger partial charge in [-0.25, -0.2) is 0 Å². The molecule has 0 aliphatic heterocycles. The molecule has 0 radical (unpaired) electrons. The maximum absolute atomic E-state index is 11.4. The van der Waals surface area contributed by atoms with E-state index < -0.39 is 0 Å². The highest BCUT2D eigenvalue weighted by Gasteiger charge is 2.32. The molecule has 0 aromatic heterocycles. The van der Waals surface area contributed by atoms with E-state index in [2.05, 4.69) is 19.2 Å². The fraction of sp³-hybridized carbons (Fsp3) is 0.923. The first-order valence-electron chi connectivity index (χ1n) is 6.46. The highest BCUT2D eigenvalue weighted by Crippen LogP contribution is 2.35. The molecule has 1 aliphatic carbocycles. The highest BCUT2D eigenvalue weighted by molar-refractivity contribution is 5.75. The van der Waals surface area contributed by atoms with Gasteiger partial charge in [0, 0.05) is 26.6 Å². The first kappa shape index (κ1) is 13.5. The predicted molar refractivity (Wildman–Crippen MR) is 67.3 cm³/mol. The molecule has 1 rings (SSSR count). The third-order valence-corrected chi connectivity index (χ3v) is 3.29. The molecule has 0 spiro atoms. The smallest absolute Gasteiger partial charge is 0.222 e. The molecule has 94 valence electrons. The van der Waals surface area contributed by atoms with Gasteiger partial charge in [-0.1, -0.05) is 13.8 Å². The predicted octanol–water partition coefficient (Wildman–Crippen LogP) is 1.88. The van der Waals surface area contributed by atoms with Crippen molar-refractivity contribution < 1.29 is 4.79 Å². The van der Waals surface area contributed by atoms with E-state index in [-0.39, 0.29) is 5.91 Å². The van der Waals surface area contributed by atoms with Gasteiger partial charge in [0.15, 0.2) is 0 Å². The third-order valence-electron chi connectivity index (χ3n) is 3.29. The maximum atomic E-state index is 11.4. The Hall–Kier alpha value is -0.570. The summed E-state index contributed by atoms with van der Waals surface area (Å²) in [4.78, 5) is 13.0. The van der Waals surface area contributed by atoms with Gasteiger partial charge in [0.05, 0.1) is 0 Å². The van der Waals surface area contributed by atoms with Gasteiger partial charge in [-0.15, -0.1) is 0 Å². The first-order chi connectivity index (χ1) is 7.52. The Labute approximate surface area is 99.6 Å². The van der Waals surface area contributed by atoms with Crippen molar-refractivity contribution in [3.05, 3.63) is 0 Å². The summed E-state index contributed by atoms with van der Waals surface area (Å²) in [5.74, 6) is 1.83. The van der Waals surface area contributed by atoms with Crippen molar-refractivity contribution in [3.63, 3.8) is 0 Å². The average molecular weight is 226 g/mol. The fourth-order valence-corrected chi connectivity index (χ4v) is 2.13. The number of carbonyl (C=O) groups is 1. The summed E-state index contributed by atoms with van der Waals surface area (Å²) >= 11 is 0. The Balaban J connectivity index is 2.11. The number of nitrogens with zero attached hydrogens (tertiary/aromatic N) is 1. The SMILES string of the molecule is CC(C)C(NCCCC(=O)N(C)C)C1CC1. The molecule has 0 saturated heterocycles. The van der Waals surface area contributed by atoms with Crippen LogP contribution in [0.1, 0.15) is 39.5 Å². The van der Waals surface area contributed by atoms with Crippen LogP contribution in [0.15, 0.2) is 0 Å². The van der Waals surface area contributed by atoms with E-state index in [0.29, 0.717) is 18.4 Å². The van der Waals surface area contributed by atoms with Crippen LogP contribution in [0.25, 0.3) is 0 Å². The Morgan fingerprint density at radius 1 is 1.38 bits per heavy atom. The van der Waals surface area contributed by atoms with Crippen LogP contribution in [0.4, 0.5) is 0 Å². The van der Waals surface area contributed by atoms with Gasteiger partial charge in [0.25, 0.3) is 0 Å². The number of nitrogens with one attached hydrogen (secondary N) is 1. The molecular formula is C13H26N2O. The van der Waals surface area contributed by atoms with Gasteiger partial charge in [-0.05, 0) is 37.6 Å². The maximum Gasteiger partial charge on any atom is 0.222 e. The number of rotatable bonds is 7. The topological polar surface area (TPSA) is 32.3 Å². The van der Waals surface area contributed by atoms with Gasteiger partial charge in [-0.3, -0.25) is 4.79 Å². The summed E-state index contributed by atoms with van der Waals surface area (Å²) < 4.78 is 0. The molecule has 0 heterocycles. The molecule has 1 saturated carbocycles. The van der Waals surface area contributed by atoms with Crippen LogP contribution in [0.3, 0.4) is 0 Å². The number of hydrogen-bond acceptors (Lipinski definition) is 2. The molecule has 1 amide bonds. The van der Waals surface area contributed by atoms with E-state index in [1.807, 2.05) is 14.1 Å². The Kier molecular flexibility index (Phi) is 5.26.